The first-order chi connectivity index (χ1) is 5.72. The van der Waals surface area contributed by atoms with E-state index in [9.17, 15) is 9.59 Å². The number of rotatable bonds is 5. The van der Waals surface area contributed by atoms with Gasteiger partial charge in [-0.2, -0.15) is 0 Å². The minimum atomic E-state index is -0.582. The van der Waals surface area contributed by atoms with Crippen LogP contribution in [0.1, 0.15) is 26.2 Å². The molecular formula is C8H15NO3. The number of carbonyl (C=O) groups excluding carboxylic acids is 2. The van der Waals surface area contributed by atoms with Gasteiger partial charge in [0.05, 0.1) is 6.61 Å². The molecule has 4 nitrogen and oxygen atoms in total. The van der Waals surface area contributed by atoms with E-state index in [1.54, 1.807) is 0 Å². The number of ether oxygens (including phenoxy) is 1. The van der Waals surface area contributed by atoms with E-state index in [1.807, 2.05) is 0 Å². The van der Waals surface area contributed by atoms with Crippen LogP contribution in [0, 0.1) is 0 Å². The maximum absolute atomic E-state index is 10.8. The Hall–Kier alpha value is -1.06. The van der Waals surface area contributed by atoms with E-state index in [-0.39, 0.29) is 0 Å². The smallest absolute Gasteiger partial charge is 0.416 e. The van der Waals surface area contributed by atoms with Crippen molar-refractivity contribution in [2.24, 2.45) is 0 Å². The van der Waals surface area contributed by atoms with Gasteiger partial charge in [0.15, 0.2) is 0 Å². The topological polar surface area (TPSA) is 46.6 Å². The van der Waals surface area contributed by atoms with Crippen LogP contribution in [0.25, 0.3) is 0 Å². The Morgan fingerprint density at radius 1 is 1.50 bits per heavy atom. The molecule has 0 unspecified atom stereocenters. The molecule has 0 heterocycles. The summed E-state index contributed by atoms with van der Waals surface area (Å²) in [6, 6.07) is 0. The van der Waals surface area contributed by atoms with E-state index in [0.717, 1.165) is 24.2 Å². The predicted octanol–water partition coefficient (Wildman–Crippen LogP) is 1.40. The summed E-state index contributed by atoms with van der Waals surface area (Å²) in [5.74, 6) is 0. The number of hydrogen-bond acceptors (Lipinski definition) is 3. The fourth-order valence-corrected chi connectivity index (χ4v) is 0.656. The third-order valence-electron chi connectivity index (χ3n) is 1.42. The van der Waals surface area contributed by atoms with Crippen LogP contribution in [0.3, 0.4) is 0 Å². The van der Waals surface area contributed by atoms with Crippen molar-refractivity contribution in [3.8, 4) is 0 Å². The number of nitrogens with zero attached hydrogens (tertiary/aromatic N) is 1. The van der Waals surface area contributed by atoms with Crippen LogP contribution >= 0.6 is 0 Å². The van der Waals surface area contributed by atoms with Crippen LogP contribution < -0.4 is 0 Å². The molecule has 0 atom stereocenters. The van der Waals surface area contributed by atoms with Crippen LogP contribution in [0.4, 0.5) is 4.79 Å². The number of amides is 2. The molecule has 4 heteroatoms. The summed E-state index contributed by atoms with van der Waals surface area (Å²) in [5.41, 5.74) is 0. The van der Waals surface area contributed by atoms with Gasteiger partial charge in [-0.3, -0.25) is 9.69 Å². The molecule has 0 saturated carbocycles. The molecule has 0 bridgehead atoms. The van der Waals surface area contributed by atoms with Gasteiger partial charge in [-0.05, 0) is 6.42 Å². The molecule has 0 spiro atoms. The van der Waals surface area contributed by atoms with Gasteiger partial charge in [0.25, 0.3) is 0 Å². The molecule has 0 saturated heterocycles. The van der Waals surface area contributed by atoms with Crippen LogP contribution in [-0.2, 0) is 9.53 Å². The maximum Gasteiger partial charge on any atom is 0.416 e. The predicted molar refractivity (Wildman–Crippen MR) is 44.7 cm³/mol. The van der Waals surface area contributed by atoms with Gasteiger partial charge in [0.1, 0.15) is 0 Å². The van der Waals surface area contributed by atoms with Gasteiger partial charge in [-0.1, -0.05) is 19.8 Å². The van der Waals surface area contributed by atoms with Gasteiger partial charge in [-0.15, -0.1) is 0 Å². The van der Waals surface area contributed by atoms with Gasteiger partial charge >= 0.3 is 6.09 Å². The molecule has 0 radical (unpaired) electrons. The second-order valence-corrected chi connectivity index (χ2v) is 2.54. The van der Waals surface area contributed by atoms with Crippen molar-refractivity contribution >= 4 is 12.5 Å². The largest absolute Gasteiger partial charge is 0.449 e. The molecule has 0 aliphatic carbocycles. The van der Waals surface area contributed by atoms with Crippen molar-refractivity contribution in [1.29, 1.82) is 0 Å². The fourth-order valence-electron chi connectivity index (χ4n) is 0.656. The first kappa shape index (κ1) is 10.9. The lowest BCUT2D eigenvalue weighted by Crippen LogP contribution is -2.26. The molecule has 0 fully saturated rings. The summed E-state index contributed by atoms with van der Waals surface area (Å²) in [6.07, 6.45) is 2.83. The lowest BCUT2D eigenvalue weighted by Gasteiger charge is -2.08. The number of hydrogen-bond donors (Lipinski definition) is 0. The van der Waals surface area contributed by atoms with Crippen LogP contribution in [0.2, 0.25) is 0 Å². The highest BCUT2D eigenvalue weighted by atomic mass is 16.6. The number of carbonyl (C=O) groups is 2. The molecule has 0 aromatic rings. The summed E-state index contributed by atoms with van der Waals surface area (Å²) in [4.78, 5) is 21.8. The Balaban J connectivity index is 3.37. The standard InChI is InChI=1S/C8H15NO3/c1-3-4-5-6-12-8(11)9(2)7-10/h7H,3-6H2,1-2H3. The summed E-state index contributed by atoms with van der Waals surface area (Å²) in [6.45, 7) is 2.46. The van der Waals surface area contributed by atoms with Crippen LogP contribution in [-0.4, -0.2) is 31.1 Å². The van der Waals surface area contributed by atoms with Gasteiger partial charge in [-0.25, -0.2) is 4.79 Å². The molecule has 70 valence electrons. The van der Waals surface area contributed by atoms with Crippen LogP contribution in [0.15, 0.2) is 0 Å². The molecule has 2 amide bonds. The highest BCUT2D eigenvalue weighted by Crippen LogP contribution is 1.95. The zero-order chi connectivity index (χ0) is 9.40. The summed E-state index contributed by atoms with van der Waals surface area (Å²) in [7, 11) is 1.37. The number of imide groups is 1. The zero-order valence-corrected chi connectivity index (χ0v) is 7.58. The molecule has 0 aromatic heterocycles. The monoisotopic (exact) mass is 173 g/mol. The number of unbranched alkanes of at least 4 members (excludes halogenated alkanes) is 2. The molecule has 12 heavy (non-hydrogen) atoms. The SMILES string of the molecule is CCCCCOC(=O)N(C)C=O. The third-order valence-corrected chi connectivity index (χ3v) is 1.42. The Morgan fingerprint density at radius 2 is 2.17 bits per heavy atom. The van der Waals surface area contributed by atoms with Crippen molar-refractivity contribution in [1.82, 2.24) is 4.90 Å². The van der Waals surface area contributed by atoms with Gasteiger partial charge < -0.3 is 4.74 Å². The lowest BCUT2D eigenvalue weighted by molar-refractivity contribution is -0.115. The first-order valence-electron chi connectivity index (χ1n) is 4.07. The van der Waals surface area contributed by atoms with Crippen molar-refractivity contribution in [3.63, 3.8) is 0 Å². The summed E-state index contributed by atoms with van der Waals surface area (Å²) < 4.78 is 4.75. The molecule has 0 rings (SSSR count). The molecule has 0 aromatic carbocycles. The van der Waals surface area contributed by atoms with E-state index in [0.29, 0.717) is 13.0 Å². The molecular weight excluding hydrogens is 158 g/mol. The second kappa shape index (κ2) is 6.64. The lowest BCUT2D eigenvalue weighted by atomic mass is 10.3. The van der Waals surface area contributed by atoms with E-state index >= 15 is 0 Å². The third kappa shape index (κ3) is 4.71. The minimum Gasteiger partial charge on any atom is -0.449 e. The fraction of sp³-hybridized carbons (Fsp3) is 0.750. The quantitative estimate of drug-likeness (QED) is 0.466. The Bertz CT molecular complexity index is 147. The Kier molecular flexibility index (Phi) is 6.05. The average molecular weight is 173 g/mol. The molecule has 0 aliphatic rings. The van der Waals surface area contributed by atoms with Crippen molar-refractivity contribution < 1.29 is 14.3 Å². The average Bonchev–Trinajstić information content (AvgIpc) is 2.10. The second-order valence-electron chi connectivity index (χ2n) is 2.54. The summed E-state index contributed by atoms with van der Waals surface area (Å²) in [5, 5.41) is 0. The van der Waals surface area contributed by atoms with E-state index in [2.05, 4.69) is 6.92 Å². The highest BCUT2D eigenvalue weighted by molar-refractivity contribution is 5.79. The molecule has 0 N–H and O–H groups in total. The van der Waals surface area contributed by atoms with Crippen LogP contribution in [0.5, 0.6) is 0 Å². The minimum absolute atomic E-state index is 0.394. The zero-order valence-electron chi connectivity index (χ0n) is 7.58. The van der Waals surface area contributed by atoms with E-state index < -0.39 is 6.09 Å². The van der Waals surface area contributed by atoms with Gasteiger partial charge in [0, 0.05) is 7.05 Å². The van der Waals surface area contributed by atoms with Crippen molar-refractivity contribution in [3.05, 3.63) is 0 Å². The van der Waals surface area contributed by atoms with Gasteiger partial charge in [0.2, 0.25) is 6.41 Å². The Labute approximate surface area is 72.5 Å². The van der Waals surface area contributed by atoms with E-state index in [1.165, 1.54) is 7.05 Å². The summed E-state index contributed by atoms with van der Waals surface area (Å²) >= 11 is 0. The normalized spacial score (nSPS) is 9.17. The maximum atomic E-state index is 10.8. The highest BCUT2D eigenvalue weighted by Gasteiger charge is 2.06. The van der Waals surface area contributed by atoms with Crippen molar-refractivity contribution in [2.45, 2.75) is 26.2 Å². The van der Waals surface area contributed by atoms with E-state index in [4.69, 9.17) is 4.74 Å². The first-order valence-corrected chi connectivity index (χ1v) is 4.07. The Morgan fingerprint density at radius 3 is 2.67 bits per heavy atom. The van der Waals surface area contributed by atoms with Crippen molar-refractivity contribution in [2.75, 3.05) is 13.7 Å². The molecule has 0 aliphatic heterocycles.